The number of hydrogen-bond donors (Lipinski definition) is 1. The first-order valence-corrected chi connectivity index (χ1v) is 6.80. The van der Waals surface area contributed by atoms with Gasteiger partial charge in [0.05, 0.1) is 12.2 Å². The number of carbonyl (C=O) groups excluding carboxylic acids is 2. The molecular weight excluding hydrogens is 355 g/mol. The average molecular weight is 368 g/mol. The zero-order valence-electron chi connectivity index (χ0n) is 11.3. The second kappa shape index (κ2) is 6.93. The molecule has 0 aliphatic heterocycles. The average Bonchev–Trinajstić information content (AvgIpc) is 2.37. The molecule has 0 fully saturated rings. The first kappa shape index (κ1) is 17.5. The maximum atomic E-state index is 12.7. The Morgan fingerprint density at radius 2 is 2.00 bits per heavy atom. The van der Waals surface area contributed by atoms with Crippen LogP contribution in [0.3, 0.4) is 0 Å². The van der Waals surface area contributed by atoms with Gasteiger partial charge in [0, 0.05) is 10.0 Å². The molecule has 116 valence electrons. The number of hydrogen-bond acceptors (Lipinski definition) is 3. The predicted molar refractivity (Wildman–Crippen MR) is 72.7 cm³/mol. The molecule has 1 aromatic rings. The molecule has 1 amide bonds. The molecule has 8 heteroatoms. The van der Waals surface area contributed by atoms with Crippen LogP contribution < -0.4 is 5.32 Å². The number of benzene rings is 1. The number of amides is 1. The zero-order valence-corrected chi connectivity index (χ0v) is 12.8. The molecule has 0 saturated carbocycles. The molecular formula is C13H13BrF3NO3. The van der Waals surface area contributed by atoms with Crippen LogP contribution in [0.5, 0.6) is 0 Å². The van der Waals surface area contributed by atoms with E-state index < -0.39 is 29.7 Å². The fraction of sp³-hybridized carbons (Fsp3) is 0.385. The lowest BCUT2D eigenvalue weighted by atomic mass is 10.1. The summed E-state index contributed by atoms with van der Waals surface area (Å²) in [6.45, 7) is 3.14. The van der Waals surface area contributed by atoms with Crippen molar-refractivity contribution in [1.29, 1.82) is 0 Å². The van der Waals surface area contributed by atoms with E-state index in [2.05, 4.69) is 21.2 Å². The third kappa shape index (κ3) is 4.73. The van der Waals surface area contributed by atoms with Gasteiger partial charge in [0.1, 0.15) is 6.04 Å². The monoisotopic (exact) mass is 367 g/mol. The molecule has 0 aliphatic rings. The molecule has 0 spiro atoms. The van der Waals surface area contributed by atoms with E-state index in [0.29, 0.717) is 0 Å². The predicted octanol–water partition coefficient (Wildman–Crippen LogP) is 3.15. The number of rotatable bonds is 4. The highest BCUT2D eigenvalue weighted by Crippen LogP contribution is 2.35. The van der Waals surface area contributed by atoms with Crippen molar-refractivity contribution in [2.24, 2.45) is 0 Å². The lowest BCUT2D eigenvalue weighted by Crippen LogP contribution is -2.39. The molecule has 0 saturated heterocycles. The smallest absolute Gasteiger partial charge is 0.417 e. The maximum Gasteiger partial charge on any atom is 0.417 e. The Balaban J connectivity index is 2.91. The van der Waals surface area contributed by atoms with Gasteiger partial charge < -0.3 is 10.1 Å². The summed E-state index contributed by atoms with van der Waals surface area (Å²) in [7, 11) is 0. The van der Waals surface area contributed by atoms with Gasteiger partial charge in [-0.25, -0.2) is 4.79 Å². The Morgan fingerprint density at radius 1 is 1.38 bits per heavy atom. The summed E-state index contributed by atoms with van der Waals surface area (Å²) in [6, 6.07) is 2.13. The Labute approximate surface area is 127 Å². The van der Waals surface area contributed by atoms with Gasteiger partial charge in [0.2, 0.25) is 0 Å². The van der Waals surface area contributed by atoms with Crippen LogP contribution in [0.1, 0.15) is 29.8 Å². The van der Waals surface area contributed by atoms with Crippen LogP contribution in [-0.2, 0) is 15.7 Å². The minimum Gasteiger partial charge on any atom is -0.464 e. The van der Waals surface area contributed by atoms with Crippen LogP contribution in [0.4, 0.5) is 13.2 Å². The summed E-state index contributed by atoms with van der Waals surface area (Å²) >= 11 is 2.78. The van der Waals surface area contributed by atoms with Gasteiger partial charge in [-0.3, -0.25) is 4.79 Å². The van der Waals surface area contributed by atoms with Gasteiger partial charge in [-0.15, -0.1) is 0 Å². The fourth-order valence-corrected chi connectivity index (χ4v) is 1.96. The summed E-state index contributed by atoms with van der Waals surface area (Å²) in [5.41, 5.74) is -1.15. The quantitative estimate of drug-likeness (QED) is 0.831. The SMILES string of the molecule is CCOC(=O)C(C)NC(=O)c1ccc(Br)c(C(F)(F)F)c1. The highest BCUT2D eigenvalue weighted by Gasteiger charge is 2.33. The molecule has 0 aliphatic carbocycles. The lowest BCUT2D eigenvalue weighted by Gasteiger charge is -2.14. The molecule has 0 radical (unpaired) electrons. The van der Waals surface area contributed by atoms with E-state index in [1.54, 1.807) is 6.92 Å². The summed E-state index contributed by atoms with van der Waals surface area (Å²) in [5.74, 6) is -1.44. The van der Waals surface area contributed by atoms with E-state index in [9.17, 15) is 22.8 Å². The number of nitrogens with one attached hydrogen (secondary N) is 1. The van der Waals surface area contributed by atoms with E-state index in [-0.39, 0.29) is 16.6 Å². The van der Waals surface area contributed by atoms with Crippen LogP contribution in [0.2, 0.25) is 0 Å². The number of esters is 1. The molecule has 21 heavy (non-hydrogen) atoms. The Morgan fingerprint density at radius 3 is 2.52 bits per heavy atom. The lowest BCUT2D eigenvalue weighted by molar-refractivity contribution is -0.145. The third-order valence-electron chi connectivity index (χ3n) is 2.52. The Hall–Kier alpha value is -1.57. The maximum absolute atomic E-state index is 12.7. The van der Waals surface area contributed by atoms with Gasteiger partial charge >= 0.3 is 12.1 Å². The van der Waals surface area contributed by atoms with Gasteiger partial charge in [-0.2, -0.15) is 13.2 Å². The Bertz CT molecular complexity index is 546. The summed E-state index contributed by atoms with van der Waals surface area (Å²) in [4.78, 5) is 23.2. The van der Waals surface area contributed by atoms with Crippen LogP contribution in [0.25, 0.3) is 0 Å². The second-order valence-electron chi connectivity index (χ2n) is 4.14. The highest BCUT2D eigenvalue weighted by molar-refractivity contribution is 9.10. The Kier molecular flexibility index (Phi) is 5.77. The first-order chi connectivity index (χ1) is 9.66. The van der Waals surface area contributed by atoms with E-state index >= 15 is 0 Å². The van der Waals surface area contributed by atoms with Crippen molar-refractivity contribution < 1.29 is 27.5 Å². The molecule has 1 atom stereocenters. The summed E-state index contributed by atoms with van der Waals surface area (Å²) in [5, 5.41) is 2.28. The second-order valence-corrected chi connectivity index (χ2v) is 4.99. The minimum atomic E-state index is -4.58. The van der Waals surface area contributed by atoms with E-state index in [4.69, 9.17) is 4.74 Å². The van der Waals surface area contributed by atoms with Gasteiger partial charge in [-0.1, -0.05) is 15.9 Å². The van der Waals surface area contributed by atoms with E-state index in [1.165, 1.54) is 13.0 Å². The first-order valence-electron chi connectivity index (χ1n) is 6.01. The standard InChI is InChI=1S/C13H13BrF3NO3/c1-3-21-12(20)7(2)18-11(19)8-4-5-10(14)9(6-8)13(15,16)17/h4-7H,3H2,1-2H3,(H,18,19). The topological polar surface area (TPSA) is 55.4 Å². The van der Waals surface area contributed by atoms with Crippen molar-refractivity contribution in [2.45, 2.75) is 26.1 Å². The molecule has 1 aromatic carbocycles. The van der Waals surface area contributed by atoms with E-state index in [1.807, 2.05) is 0 Å². The molecule has 0 heterocycles. The van der Waals surface area contributed by atoms with Crippen LogP contribution in [0, 0.1) is 0 Å². The van der Waals surface area contributed by atoms with Gasteiger partial charge in [-0.05, 0) is 32.0 Å². The third-order valence-corrected chi connectivity index (χ3v) is 3.21. The van der Waals surface area contributed by atoms with Crippen LogP contribution >= 0.6 is 15.9 Å². The molecule has 0 aromatic heterocycles. The van der Waals surface area contributed by atoms with Gasteiger partial charge in [0.15, 0.2) is 0 Å². The molecule has 4 nitrogen and oxygen atoms in total. The van der Waals surface area contributed by atoms with Crippen molar-refractivity contribution in [3.8, 4) is 0 Å². The van der Waals surface area contributed by atoms with Crippen LogP contribution in [-0.4, -0.2) is 24.5 Å². The van der Waals surface area contributed by atoms with Crippen molar-refractivity contribution in [3.63, 3.8) is 0 Å². The van der Waals surface area contributed by atoms with E-state index in [0.717, 1.165) is 12.1 Å². The molecule has 1 unspecified atom stereocenters. The highest BCUT2D eigenvalue weighted by atomic mass is 79.9. The van der Waals surface area contributed by atoms with Crippen molar-refractivity contribution >= 4 is 27.8 Å². The molecule has 0 bridgehead atoms. The summed E-state index contributed by atoms with van der Waals surface area (Å²) < 4.78 is 42.8. The van der Waals surface area contributed by atoms with Crippen molar-refractivity contribution in [2.75, 3.05) is 6.61 Å². The number of alkyl halides is 3. The number of ether oxygens (including phenoxy) is 1. The normalized spacial score (nSPS) is 12.7. The summed E-state index contributed by atoms with van der Waals surface area (Å²) in [6.07, 6.45) is -4.58. The van der Waals surface area contributed by atoms with Gasteiger partial charge in [0.25, 0.3) is 5.91 Å². The number of carbonyl (C=O) groups is 2. The van der Waals surface area contributed by atoms with Crippen molar-refractivity contribution in [3.05, 3.63) is 33.8 Å². The largest absolute Gasteiger partial charge is 0.464 e. The number of halogens is 4. The fourth-order valence-electron chi connectivity index (χ4n) is 1.49. The molecule has 1 rings (SSSR count). The van der Waals surface area contributed by atoms with Crippen LogP contribution in [0.15, 0.2) is 22.7 Å². The zero-order chi connectivity index (χ0) is 16.2. The van der Waals surface area contributed by atoms with Crippen molar-refractivity contribution in [1.82, 2.24) is 5.32 Å². The minimum absolute atomic E-state index is 0.148. The molecule has 1 N–H and O–H groups in total.